The predicted octanol–water partition coefficient (Wildman–Crippen LogP) is 3.33. The molecule has 96 valence electrons. The van der Waals surface area contributed by atoms with Crippen LogP contribution in [0.3, 0.4) is 0 Å². The van der Waals surface area contributed by atoms with Crippen molar-refractivity contribution >= 4 is 16.7 Å². The third kappa shape index (κ3) is 4.00. The standard InChI is InChI=1S/C13H17N3OS/c1-13(2,3)15-12-14-11(16-18-12)9-17-10-7-5-4-6-8-10/h4-8H,9H2,1-3H3,(H,14,15,16). The monoisotopic (exact) mass is 263 g/mol. The van der Waals surface area contributed by atoms with E-state index in [1.807, 2.05) is 30.3 Å². The summed E-state index contributed by atoms with van der Waals surface area (Å²) in [6, 6.07) is 9.67. The lowest BCUT2D eigenvalue weighted by molar-refractivity contribution is 0.297. The third-order valence-corrected chi connectivity index (χ3v) is 2.73. The van der Waals surface area contributed by atoms with Crippen molar-refractivity contribution in [2.45, 2.75) is 32.9 Å². The van der Waals surface area contributed by atoms with E-state index >= 15 is 0 Å². The van der Waals surface area contributed by atoms with E-state index < -0.39 is 0 Å². The van der Waals surface area contributed by atoms with Gasteiger partial charge in [-0.05, 0) is 32.9 Å². The maximum Gasteiger partial charge on any atom is 0.203 e. The van der Waals surface area contributed by atoms with Crippen LogP contribution in [0.1, 0.15) is 26.6 Å². The van der Waals surface area contributed by atoms with Gasteiger partial charge in [-0.2, -0.15) is 9.36 Å². The molecule has 0 aliphatic heterocycles. The minimum absolute atomic E-state index is 0.00289. The first-order valence-corrected chi connectivity index (χ1v) is 6.59. The van der Waals surface area contributed by atoms with E-state index in [1.54, 1.807) is 0 Å². The van der Waals surface area contributed by atoms with E-state index in [0.717, 1.165) is 10.9 Å². The highest BCUT2D eigenvalue weighted by molar-refractivity contribution is 7.09. The number of para-hydroxylation sites is 1. The van der Waals surface area contributed by atoms with Gasteiger partial charge in [0.1, 0.15) is 12.4 Å². The molecule has 0 radical (unpaired) electrons. The van der Waals surface area contributed by atoms with Crippen LogP contribution >= 0.6 is 11.5 Å². The number of nitrogens with zero attached hydrogens (tertiary/aromatic N) is 2. The molecule has 1 heterocycles. The fraction of sp³-hybridized carbons (Fsp3) is 0.385. The van der Waals surface area contributed by atoms with Crippen LogP contribution in [0.25, 0.3) is 0 Å². The minimum Gasteiger partial charge on any atom is -0.486 e. The van der Waals surface area contributed by atoms with Gasteiger partial charge in [-0.3, -0.25) is 0 Å². The largest absolute Gasteiger partial charge is 0.486 e. The summed E-state index contributed by atoms with van der Waals surface area (Å²) in [6.07, 6.45) is 0. The van der Waals surface area contributed by atoms with Gasteiger partial charge in [0.05, 0.1) is 0 Å². The summed E-state index contributed by atoms with van der Waals surface area (Å²) in [5.74, 6) is 1.54. The molecule has 5 heteroatoms. The van der Waals surface area contributed by atoms with Gasteiger partial charge >= 0.3 is 0 Å². The van der Waals surface area contributed by atoms with Crippen molar-refractivity contribution in [3.63, 3.8) is 0 Å². The SMILES string of the molecule is CC(C)(C)Nc1nc(COc2ccccc2)ns1. The van der Waals surface area contributed by atoms with Gasteiger partial charge in [-0.25, -0.2) is 0 Å². The van der Waals surface area contributed by atoms with Crippen molar-refractivity contribution in [3.8, 4) is 5.75 Å². The second-order valence-electron chi connectivity index (χ2n) is 4.99. The molecule has 0 aliphatic rings. The van der Waals surface area contributed by atoms with Gasteiger partial charge in [0.25, 0.3) is 0 Å². The first-order chi connectivity index (χ1) is 8.53. The maximum absolute atomic E-state index is 5.59. The maximum atomic E-state index is 5.59. The molecule has 0 bridgehead atoms. The average molecular weight is 263 g/mol. The van der Waals surface area contributed by atoms with Crippen molar-refractivity contribution in [3.05, 3.63) is 36.2 Å². The Balaban J connectivity index is 1.91. The topological polar surface area (TPSA) is 47.0 Å². The second kappa shape index (κ2) is 5.35. The summed E-state index contributed by atoms with van der Waals surface area (Å²) in [4.78, 5) is 4.38. The Morgan fingerprint density at radius 3 is 2.61 bits per heavy atom. The van der Waals surface area contributed by atoms with Crippen LogP contribution in [0.5, 0.6) is 5.75 Å². The molecule has 2 aromatic rings. The summed E-state index contributed by atoms with van der Waals surface area (Å²) < 4.78 is 9.85. The molecule has 18 heavy (non-hydrogen) atoms. The van der Waals surface area contributed by atoms with Crippen LogP contribution in [-0.4, -0.2) is 14.9 Å². The Bertz CT molecular complexity index is 490. The molecule has 1 aromatic carbocycles. The molecule has 0 fully saturated rings. The number of rotatable bonds is 4. The number of hydrogen-bond donors (Lipinski definition) is 1. The second-order valence-corrected chi connectivity index (χ2v) is 5.74. The molecular formula is C13H17N3OS. The van der Waals surface area contributed by atoms with Crippen LogP contribution in [0.15, 0.2) is 30.3 Å². The van der Waals surface area contributed by atoms with Gasteiger partial charge in [0.2, 0.25) is 5.13 Å². The quantitative estimate of drug-likeness (QED) is 0.919. The molecule has 1 N–H and O–H groups in total. The minimum atomic E-state index is -0.00289. The summed E-state index contributed by atoms with van der Waals surface area (Å²) in [7, 11) is 0. The van der Waals surface area contributed by atoms with Crippen molar-refractivity contribution in [1.82, 2.24) is 9.36 Å². The van der Waals surface area contributed by atoms with Crippen LogP contribution < -0.4 is 10.1 Å². The van der Waals surface area contributed by atoms with Crippen molar-refractivity contribution < 1.29 is 4.74 Å². The molecule has 0 atom stereocenters. The summed E-state index contributed by atoms with van der Waals surface area (Å²) in [5.41, 5.74) is -0.00289. The van der Waals surface area contributed by atoms with Gasteiger partial charge < -0.3 is 10.1 Å². The van der Waals surface area contributed by atoms with E-state index in [-0.39, 0.29) is 5.54 Å². The Labute approximate surface area is 111 Å². The molecule has 2 rings (SSSR count). The Hall–Kier alpha value is -1.62. The highest BCUT2D eigenvalue weighted by Crippen LogP contribution is 2.18. The Kier molecular flexibility index (Phi) is 3.81. The number of ether oxygens (including phenoxy) is 1. The fourth-order valence-corrected chi connectivity index (χ4v) is 2.13. The van der Waals surface area contributed by atoms with Crippen LogP contribution in [-0.2, 0) is 6.61 Å². The number of nitrogens with one attached hydrogen (secondary N) is 1. The predicted molar refractivity (Wildman–Crippen MR) is 74.1 cm³/mol. The Morgan fingerprint density at radius 1 is 1.22 bits per heavy atom. The molecule has 0 spiro atoms. The first-order valence-electron chi connectivity index (χ1n) is 5.81. The van der Waals surface area contributed by atoms with E-state index in [0.29, 0.717) is 12.4 Å². The summed E-state index contributed by atoms with van der Waals surface area (Å²) in [5, 5.41) is 4.12. The number of benzene rings is 1. The normalized spacial score (nSPS) is 11.3. The lowest BCUT2D eigenvalue weighted by Gasteiger charge is -2.18. The zero-order valence-corrected chi connectivity index (χ0v) is 11.6. The lowest BCUT2D eigenvalue weighted by atomic mass is 10.1. The molecule has 0 saturated carbocycles. The van der Waals surface area contributed by atoms with Gasteiger partial charge in [0.15, 0.2) is 5.82 Å². The number of aromatic nitrogens is 2. The highest BCUT2D eigenvalue weighted by Gasteiger charge is 2.13. The molecular weight excluding hydrogens is 246 g/mol. The van der Waals surface area contributed by atoms with Crippen molar-refractivity contribution in [1.29, 1.82) is 0 Å². The van der Waals surface area contributed by atoms with Crippen LogP contribution in [0.4, 0.5) is 5.13 Å². The Morgan fingerprint density at radius 2 is 1.94 bits per heavy atom. The summed E-state index contributed by atoms with van der Waals surface area (Å²) >= 11 is 1.36. The van der Waals surface area contributed by atoms with E-state index in [1.165, 1.54) is 11.5 Å². The number of anilines is 1. The molecule has 0 aliphatic carbocycles. The molecule has 0 amide bonds. The van der Waals surface area contributed by atoms with Gasteiger partial charge in [0, 0.05) is 17.1 Å². The zero-order chi connectivity index (χ0) is 13.0. The molecule has 4 nitrogen and oxygen atoms in total. The lowest BCUT2D eigenvalue weighted by Crippen LogP contribution is -2.25. The van der Waals surface area contributed by atoms with Crippen molar-refractivity contribution in [2.75, 3.05) is 5.32 Å². The fourth-order valence-electron chi connectivity index (χ4n) is 1.35. The highest BCUT2D eigenvalue weighted by atomic mass is 32.1. The third-order valence-electron chi connectivity index (χ3n) is 2.06. The van der Waals surface area contributed by atoms with Crippen LogP contribution in [0.2, 0.25) is 0 Å². The smallest absolute Gasteiger partial charge is 0.203 e. The van der Waals surface area contributed by atoms with Gasteiger partial charge in [-0.1, -0.05) is 18.2 Å². The molecule has 1 aromatic heterocycles. The van der Waals surface area contributed by atoms with E-state index in [9.17, 15) is 0 Å². The zero-order valence-electron chi connectivity index (χ0n) is 10.8. The summed E-state index contributed by atoms with van der Waals surface area (Å²) in [6.45, 7) is 6.67. The van der Waals surface area contributed by atoms with Crippen LogP contribution in [0, 0.1) is 0 Å². The average Bonchev–Trinajstić information content (AvgIpc) is 2.73. The van der Waals surface area contributed by atoms with E-state index in [4.69, 9.17) is 4.74 Å². The first kappa shape index (κ1) is 12.8. The van der Waals surface area contributed by atoms with Gasteiger partial charge in [-0.15, -0.1) is 0 Å². The molecule has 0 unspecified atom stereocenters. The number of hydrogen-bond acceptors (Lipinski definition) is 5. The van der Waals surface area contributed by atoms with Crippen molar-refractivity contribution in [2.24, 2.45) is 0 Å². The molecule has 0 saturated heterocycles. The van der Waals surface area contributed by atoms with E-state index in [2.05, 4.69) is 35.4 Å².